The highest BCUT2D eigenvalue weighted by Gasteiger charge is 2.50. The first-order valence-electron chi connectivity index (χ1n) is 12.3. The van der Waals surface area contributed by atoms with Crippen molar-refractivity contribution in [2.75, 3.05) is 13.2 Å². The zero-order valence-electron chi connectivity index (χ0n) is 21.1. The topological polar surface area (TPSA) is 9.23 Å². The van der Waals surface area contributed by atoms with Gasteiger partial charge in [0, 0.05) is 30.2 Å². The van der Waals surface area contributed by atoms with Crippen LogP contribution >= 0.6 is 92.8 Å². The van der Waals surface area contributed by atoms with Gasteiger partial charge in [0.1, 0.15) is 0 Å². The number of halogens is 8. The minimum Gasteiger partial charge on any atom is -0.379 e. The summed E-state index contributed by atoms with van der Waals surface area (Å²) >= 11 is 53.5. The number of hydrogen-bond donors (Lipinski definition) is 0. The van der Waals surface area contributed by atoms with Crippen LogP contribution in [0.4, 0.5) is 0 Å². The Labute approximate surface area is 270 Å². The minimum absolute atomic E-state index is 0.182. The van der Waals surface area contributed by atoms with E-state index in [0.29, 0.717) is 30.2 Å². The Balaban J connectivity index is 1.71. The molecular formula is C30H26Cl8O. The third kappa shape index (κ3) is 5.96. The second-order valence-corrected chi connectivity index (χ2v) is 13.4. The quantitative estimate of drug-likeness (QED) is 0.251. The number of rotatable bonds is 8. The molecule has 2 aromatic carbocycles. The summed E-state index contributed by atoms with van der Waals surface area (Å²) in [6.45, 7) is 4.44. The van der Waals surface area contributed by atoms with Crippen molar-refractivity contribution in [2.45, 2.75) is 36.4 Å². The molecule has 6 atom stereocenters. The van der Waals surface area contributed by atoms with Gasteiger partial charge in [-0.2, -0.15) is 0 Å². The lowest BCUT2D eigenvalue weighted by Crippen LogP contribution is -2.46. The van der Waals surface area contributed by atoms with E-state index in [-0.39, 0.29) is 25.0 Å². The Kier molecular flexibility index (Phi) is 10.5. The summed E-state index contributed by atoms with van der Waals surface area (Å²) in [6.07, 6.45) is 11.2. The third-order valence-corrected chi connectivity index (χ3v) is 11.2. The second kappa shape index (κ2) is 12.9. The zero-order chi connectivity index (χ0) is 28.5. The van der Waals surface area contributed by atoms with E-state index in [9.17, 15) is 0 Å². The van der Waals surface area contributed by atoms with Crippen molar-refractivity contribution in [1.82, 2.24) is 0 Å². The van der Waals surface area contributed by atoms with E-state index < -0.39 is 21.6 Å². The number of alkyl halides is 2. The number of benzene rings is 2. The SMILES string of the molecule is CC(c1ccc(Cl)cc1Cl)C1(COCC2(C(C)c3ccc(Cl)cc3Cl)C(Cl)=CC=CC2Cl)C(Cl)=CC=CC1Cl. The van der Waals surface area contributed by atoms with Crippen molar-refractivity contribution in [2.24, 2.45) is 10.8 Å². The number of ether oxygens (including phenoxy) is 1. The molecule has 0 amide bonds. The molecule has 0 N–H and O–H groups in total. The summed E-state index contributed by atoms with van der Waals surface area (Å²) in [4.78, 5) is 0. The first kappa shape index (κ1) is 31.6. The van der Waals surface area contributed by atoms with E-state index in [1.54, 1.807) is 24.3 Å². The molecule has 0 fully saturated rings. The van der Waals surface area contributed by atoms with Crippen LogP contribution in [0.1, 0.15) is 36.8 Å². The van der Waals surface area contributed by atoms with Crippen LogP contribution in [0, 0.1) is 10.8 Å². The lowest BCUT2D eigenvalue weighted by molar-refractivity contribution is 0.00817. The molecule has 2 aromatic rings. The zero-order valence-corrected chi connectivity index (χ0v) is 27.1. The Morgan fingerprint density at radius 3 is 1.38 bits per heavy atom. The van der Waals surface area contributed by atoms with Crippen LogP contribution in [0.2, 0.25) is 20.1 Å². The molecule has 0 saturated heterocycles. The van der Waals surface area contributed by atoms with Crippen LogP contribution < -0.4 is 0 Å². The summed E-state index contributed by atoms with van der Waals surface area (Å²) in [6, 6.07) is 10.8. The molecule has 0 heterocycles. The molecule has 0 aliphatic heterocycles. The number of hydrogen-bond acceptors (Lipinski definition) is 1. The fourth-order valence-corrected chi connectivity index (χ4v) is 8.46. The number of allylic oxidation sites excluding steroid dienone is 6. The first-order valence-corrected chi connectivity index (χ1v) is 15.4. The summed E-state index contributed by atoms with van der Waals surface area (Å²) in [5.41, 5.74) is 0.0873. The molecule has 9 heteroatoms. The van der Waals surface area contributed by atoms with Gasteiger partial charge in [0.05, 0.1) is 34.8 Å². The Morgan fingerprint density at radius 2 is 1.05 bits per heavy atom. The first-order chi connectivity index (χ1) is 18.4. The van der Waals surface area contributed by atoms with Crippen LogP contribution in [-0.2, 0) is 4.74 Å². The monoisotopic (exact) mass is 682 g/mol. The van der Waals surface area contributed by atoms with Gasteiger partial charge in [-0.25, -0.2) is 0 Å². The highest BCUT2D eigenvalue weighted by Crippen LogP contribution is 2.55. The molecule has 208 valence electrons. The largest absolute Gasteiger partial charge is 0.379 e. The van der Waals surface area contributed by atoms with E-state index in [4.69, 9.17) is 97.5 Å². The maximum atomic E-state index is 7.00. The van der Waals surface area contributed by atoms with Gasteiger partial charge in [0.25, 0.3) is 0 Å². The van der Waals surface area contributed by atoms with E-state index in [1.165, 1.54) is 0 Å². The fourth-order valence-electron chi connectivity index (χ4n) is 5.48. The summed E-state index contributed by atoms with van der Waals surface area (Å²) in [7, 11) is 0. The van der Waals surface area contributed by atoms with Gasteiger partial charge in [-0.1, -0.05) is 120 Å². The predicted molar refractivity (Wildman–Crippen MR) is 171 cm³/mol. The van der Waals surface area contributed by atoms with Gasteiger partial charge in [-0.05, 0) is 59.4 Å². The lowest BCUT2D eigenvalue weighted by atomic mass is 9.68. The normalized spacial score (nSPS) is 28.2. The molecule has 0 spiro atoms. The van der Waals surface area contributed by atoms with E-state index in [1.807, 2.05) is 62.4 Å². The molecule has 0 radical (unpaired) electrons. The fraction of sp³-hybridized carbons (Fsp3) is 0.333. The molecule has 39 heavy (non-hydrogen) atoms. The van der Waals surface area contributed by atoms with Crippen LogP contribution in [-0.4, -0.2) is 24.0 Å². The van der Waals surface area contributed by atoms with Crippen LogP contribution in [0.25, 0.3) is 0 Å². The second-order valence-electron chi connectivity index (χ2n) is 9.95. The molecule has 2 aliphatic rings. The van der Waals surface area contributed by atoms with Gasteiger partial charge >= 0.3 is 0 Å². The van der Waals surface area contributed by atoms with Crippen molar-refractivity contribution in [3.8, 4) is 0 Å². The Morgan fingerprint density at radius 1 is 0.667 bits per heavy atom. The standard InChI is InChI=1S/C30H26Cl8O/c1-17(21-11-9-19(31)13-23(21)33)29(25(35)5-3-6-26(29)36)15-39-16-30(27(37)7-4-8-28(30)38)18(2)22-12-10-20(32)14-24(22)34/h3-14,17-18,25,27H,15-16H2,1-2H3. The van der Waals surface area contributed by atoms with Gasteiger partial charge in [0.2, 0.25) is 0 Å². The Hall–Kier alpha value is -0.320. The lowest BCUT2D eigenvalue weighted by Gasteiger charge is -2.46. The summed E-state index contributed by atoms with van der Waals surface area (Å²) in [5.74, 6) is -0.441. The van der Waals surface area contributed by atoms with Crippen molar-refractivity contribution >= 4 is 92.8 Å². The minimum atomic E-state index is -0.819. The molecule has 4 rings (SSSR count). The molecule has 2 aliphatic carbocycles. The van der Waals surface area contributed by atoms with Crippen molar-refractivity contribution < 1.29 is 4.74 Å². The average molecular weight is 686 g/mol. The van der Waals surface area contributed by atoms with E-state index in [0.717, 1.165) is 11.1 Å². The molecule has 1 nitrogen and oxygen atoms in total. The predicted octanol–water partition coefficient (Wildman–Crippen LogP) is 11.8. The van der Waals surface area contributed by atoms with E-state index in [2.05, 4.69) is 0 Å². The third-order valence-electron chi connectivity index (χ3n) is 8.00. The highest BCUT2D eigenvalue weighted by atomic mass is 35.5. The van der Waals surface area contributed by atoms with Crippen LogP contribution in [0.5, 0.6) is 0 Å². The van der Waals surface area contributed by atoms with Crippen LogP contribution in [0.15, 0.2) is 82.9 Å². The summed E-state index contributed by atoms with van der Waals surface area (Å²) < 4.78 is 6.59. The van der Waals surface area contributed by atoms with Gasteiger partial charge in [0.15, 0.2) is 0 Å². The van der Waals surface area contributed by atoms with Gasteiger partial charge in [-0.3, -0.25) is 0 Å². The van der Waals surface area contributed by atoms with Gasteiger partial charge < -0.3 is 4.74 Å². The van der Waals surface area contributed by atoms with Crippen molar-refractivity contribution in [1.29, 1.82) is 0 Å². The van der Waals surface area contributed by atoms with Crippen LogP contribution in [0.3, 0.4) is 0 Å². The molecule has 6 unspecified atom stereocenters. The molecular weight excluding hydrogens is 660 g/mol. The smallest absolute Gasteiger partial charge is 0.0652 e. The van der Waals surface area contributed by atoms with Crippen molar-refractivity contribution in [3.63, 3.8) is 0 Å². The highest BCUT2D eigenvalue weighted by molar-refractivity contribution is 6.36. The molecule has 0 aromatic heterocycles. The summed E-state index contributed by atoms with van der Waals surface area (Å²) in [5, 5.41) is 2.35. The average Bonchev–Trinajstić information content (AvgIpc) is 2.87. The maximum absolute atomic E-state index is 7.00. The Bertz CT molecular complexity index is 1250. The molecule has 0 saturated carbocycles. The van der Waals surface area contributed by atoms with E-state index >= 15 is 0 Å². The van der Waals surface area contributed by atoms with Gasteiger partial charge in [-0.15, -0.1) is 23.2 Å². The molecule has 0 bridgehead atoms. The maximum Gasteiger partial charge on any atom is 0.0652 e. The van der Waals surface area contributed by atoms with Crippen molar-refractivity contribution in [3.05, 3.63) is 114 Å².